The third-order valence-corrected chi connectivity index (χ3v) is 3.12. The van der Waals surface area contributed by atoms with Crippen LogP contribution in [-0.2, 0) is 9.53 Å². The van der Waals surface area contributed by atoms with Crippen molar-refractivity contribution in [3.8, 4) is 0 Å². The summed E-state index contributed by atoms with van der Waals surface area (Å²) in [5, 5.41) is 5.61. The van der Waals surface area contributed by atoms with E-state index in [0.29, 0.717) is 12.5 Å². The molecule has 1 aromatic rings. The lowest BCUT2D eigenvalue weighted by molar-refractivity contribution is -0.137. The number of benzene rings is 1. The highest BCUT2D eigenvalue weighted by Crippen LogP contribution is 2.27. The number of hydrogen-bond donors (Lipinski definition) is 2. The van der Waals surface area contributed by atoms with Gasteiger partial charge in [-0.15, -0.1) is 0 Å². The first-order valence-electron chi connectivity index (χ1n) is 7.17. The molecule has 5 nitrogen and oxygen atoms in total. The average molecular weight is 288 g/mol. The van der Waals surface area contributed by atoms with E-state index in [2.05, 4.69) is 10.6 Å². The summed E-state index contributed by atoms with van der Waals surface area (Å²) < 4.78 is 4.80. The van der Waals surface area contributed by atoms with Crippen LogP contribution in [0.25, 0.3) is 6.08 Å². The summed E-state index contributed by atoms with van der Waals surface area (Å²) in [6.45, 7) is 2.87. The molecule has 0 aromatic heterocycles. The van der Waals surface area contributed by atoms with Gasteiger partial charge in [0.1, 0.15) is 0 Å². The van der Waals surface area contributed by atoms with E-state index in [1.165, 1.54) is 18.9 Å². The van der Waals surface area contributed by atoms with Crippen molar-refractivity contribution in [1.82, 2.24) is 5.32 Å². The van der Waals surface area contributed by atoms with Gasteiger partial charge in [0.05, 0.1) is 6.61 Å². The van der Waals surface area contributed by atoms with Crippen LogP contribution in [0.15, 0.2) is 30.3 Å². The molecule has 0 atom stereocenters. The lowest BCUT2D eigenvalue weighted by Gasteiger charge is -2.07. The third-order valence-electron chi connectivity index (χ3n) is 3.12. The van der Waals surface area contributed by atoms with Gasteiger partial charge in [-0.05, 0) is 49.5 Å². The van der Waals surface area contributed by atoms with Crippen molar-refractivity contribution in [2.24, 2.45) is 5.92 Å². The van der Waals surface area contributed by atoms with Gasteiger partial charge in [-0.2, -0.15) is 0 Å². The second-order valence-electron chi connectivity index (χ2n) is 4.99. The van der Waals surface area contributed by atoms with E-state index in [1.54, 1.807) is 25.1 Å². The number of amides is 2. The Hall–Kier alpha value is -2.30. The van der Waals surface area contributed by atoms with Gasteiger partial charge in [0.15, 0.2) is 0 Å². The molecule has 1 aromatic carbocycles. The van der Waals surface area contributed by atoms with Crippen LogP contribution in [0.5, 0.6) is 0 Å². The number of anilines is 1. The highest BCUT2D eigenvalue weighted by Gasteiger charge is 2.21. The molecule has 0 saturated heterocycles. The maximum atomic E-state index is 11.6. The van der Waals surface area contributed by atoms with Crippen molar-refractivity contribution in [1.29, 1.82) is 0 Å². The summed E-state index contributed by atoms with van der Waals surface area (Å²) in [7, 11) is 0. The van der Waals surface area contributed by atoms with E-state index < -0.39 is 0 Å². The molecule has 1 aliphatic rings. The number of esters is 1. The van der Waals surface area contributed by atoms with Crippen molar-refractivity contribution < 1.29 is 14.3 Å². The van der Waals surface area contributed by atoms with Crippen molar-refractivity contribution in [2.45, 2.75) is 19.8 Å². The highest BCUT2D eigenvalue weighted by atomic mass is 16.5. The van der Waals surface area contributed by atoms with Gasteiger partial charge in [-0.3, -0.25) is 0 Å². The third kappa shape index (κ3) is 5.69. The summed E-state index contributed by atoms with van der Waals surface area (Å²) in [4.78, 5) is 22.8. The van der Waals surface area contributed by atoms with Crippen LogP contribution in [0.4, 0.5) is 10.5 Å². The largest absolute Gasteiger partial charge is 0.463 e. The van der Waals surface area contributed by atoms with E-state index in [4.69, 9.17) is 4.74 Å². The van der Waals surface area contributed by atoms with E-state index in [-0.39, 0.29) is 12.0 Å². The lowest BCUT2D eigenvalue weighted by Crippen LogP contribution is -2.30. The molecule has 1 fully saturated rings. The van der Waals surface area contributed by atoms with Crippen molar-refractivity contribution in [3.63, 3.8) is 0 Å². The van der Waals surface area contributed by atoms with E-state index in [9.17, 15) is 9.59 Å². The van der Waals surface area contributed by atoms with E-state index >= 15 is 0 Å². The number of carbonyl (C=O) groups excluding carboxylic acids is 2. The molecular weight excluding hydrogens is 268 g/mol. The van der Waals surface area contributed by atoms with Gasteiger partial charge in [0, 0.05) is 18.3 Å². The van der Waals surface area contributed by atoms with Gasteiger partial charge in [-0.25, -0.2) is 9.59 Å². The second kappa shape index (κ2) is 7.47. The Morgan fingerprint density at radius 2 is 2.00 bits per heavy atom. The topological polar surface area (TPSA) is 67.4 Å². The average Bonchev–Trinajstić information content (AvgIpc) is 3.29. The molecule has 2 N–H and O–H groups in total. The first-order chi connectivity index (χ1) is 10.2. The Morgan fingerprint density at radius 1 is 1.29 bits per heavy atom. The Labute approximate surface area is 124 Å². The number of rotatable bonds is 6. The molecule has 1 aliphatic carbocycles. The normalized spacial score (nSPS) is 14.0. The molecule has 0 aliphatic heterocycles. The molecule has 2 amide bonds. The number of carbonyl (C=O) groups is 2. The van der Waals surface area contributed by atoms with Gasteiger partial charge in [0.25, 0.3) is 0 Å². The maximum Gasteiger partial charge on any atom is 0.330 e. The summed E-state index contributed by atoms with van der Waals surface area (Å²) >= 11 is 0. The fourth-order valence-corrected chi connectivity index (χ4v) is 1.77. The summed E-state index contributed by atoms with van der Waals surface area (Å²) in [6, 6.07) is 7.05. The molecule has 0 spiro atoms. The van der Waals surface area contributed by atoms with Gasteiger partial charge in [-0.1, -0.05) is 12.1 Å². The Balaban J connectivity index is 1.80. The Morgan fingerprint density at radius 3 is 2.62 bits per heavy atom. The van der Waals surface area contributed by atoms with Gasteiger partial charge < -0.3 is 15.4 Å². The summed E-state index contributed by atoms with van der Waals surface area (Å²) in [5.41, 5.74) is 1.59. The molecule has 2 rings (SSSR count). The smallest absolute Gasteiger partial charge is 0.330 e. The monoisotopic (exact) mass is 288 g/mol. The number of hydrogen-bond acceptors (Lipinski definition) is 3. The Kier molecular flexibility index (Phi) is 5.37. The first-order valence-corrected chi connectivity index (χ1v) is 7.17. The molecular formula is C16H20N2O3. The summed E-state index contributed by atoms with van der Waals surface area (Å²) in [6.07, 6.45) is 5.48. The van der Waals surface area contributed by atoms with Crippen molar-refractivity contribution in [3.05, 3.63) is 35.9 Å². The molecule has 5 heteroatoms. The SMILES string of the molecule is CCOC(=O)/C=C\c1ccc(NC(=O)NCC2CC2)cc1. The molecule has 112 valence electrons. The number of nitrogens with one attached hydrogen (secondary N) is 2. The minimum atomic E-state index is -0.362. The molecule has 0 bridgehead atoms. The van der Waals surface area contributed by atoms with Crippen molar-refractivity contribution in [2.75, 3.05) is 18.5 Å². The molecule has 0 unspecified atom stereocenters. The highest BCUT2D eigenvalue weighted by molar-refractivity contribution is 5.90. The molecule has 0 heterocycles. The van der Waals surface area contributed by atoms with Crippen molar-refractivity contribution >= 4 is 23.8 Å². The fraction of sp³-hybridized carbons (Fsp3) is 0.375. The zero-order chi connectivity index (χ0) is 15.1. The zero-order valence-corrected chi connectivity index (χ0v) is 12.1. The predicted octanol–water partition coefficient (Wildman–Crippen LogP) is 2.79. The number of urea groups is 1. The van der Waals surface area contributed by atoms with Crippen LogP contribution in [-0.4, -0.2) is 25.2 Å². The van der Waals surface area contributed by atoms with Crippen LogP contribution in [0, 0.1) is 5.92 Å². The van der Waals surface area contributed by atoms with Crippen LogP contribution < -0.4 is 10.6 Å². The van der Waals surface area contributed by atoms with Gasteiger partial charge >= 0.3 is 12.0 Å². The lowest BCUT2D eigenvalue weighted by atomic mass is 10.2. The number of ether oxygens (including phenoxy) is 1. The fourth-order valence-electron chi connectivity index (χ4n) is 1.77. The molecule has 0 radical (unpaired) electrons. The molecule has 1 saturated carbocycles. The van der Waals surface area contributed by atoms with Gasteiger partial charge in [0.2, 0.25) is 0 Å². The molecule has 21 heavy (non-hydrogen) atoms. The van der Waals surface area contributed by atoms with Crippen LogP contribution in [0.2, 0.25) is 0 Å². The summed E-state index contributed by atoms with van der Waals surface area (Å²) in [5.74, 6) is 0.297. The second-order valence-corrected chi connectivity index (χ2v) is 4.99. The predicted molar refractivity (Wildman–Crippen MR) is 81.9 cm³/mol. The minimum Gasteiger partial charge on any atom is -0.463 e. The Bertz CT molecular complexity index is 519. The van der Waals surface area contributed by atoms with Crippen LogP contribution >= 0.6 is 0 Å². The quantitative estimate of drug-likeness (QED) is 0.625. The van der Waals surface area contributed by atoms with E-state index in [0.717, 1.165) is 17.8 Å². The first kappa shape index (κ1) is 15.1. The minimum absolute atomic E-state index is 0.184. The zero-order valence-electron chi connectivity index (χ0n) is 12.1. The van der Waals surface area contributed by atoms with E-state index in [1.807, 2.05) is 12.1 Å². The van der Waals surface area contributed by atoms with Crippen LogP contribution in [0.3, 0.4) is 0 Å². The van der Waals surface area contributed by atoms with Crippen LogP contribution in [0.1, 0.15) is 25.3 Å². The maximum absolute atomic E-state index is 11.6. The standard InChI is InChI=1S/C16H20N2O3/c1-2-21-15(19)10-7-12-5-8-14(9-6-12)18-16(20)17-11-13-3-4-13/h5-10,13H,2-4,11H2,1H3,(H2,17,18,20)/b10-7-.